The number of methoxy groups -OCH3 is 1. The van der Waals surface area contributed by atoms with Gasteiger partial charge in [0.25, 0.3) is 0 Å². The summed E-state index contributed by atoms with van der Waals surface area (Å²) < 4.78 is 25.9. The van der Waals surface area contributed by atoms with Gasteiger partial charge in [-0.05, 0) is 42.7 Å². The number of fused-ring (bicyclic) bond motifs is 1. The zero-order valence-corrected chi connectivity index (χ0v) is 17.0. The van der Waals surface area contributed by atoms with E-state index < -0.39 is 0 Å². The van der Waals surface area contributed by atoms with Gasteiger partial charge in [0.1, 0.15) is 5.75 Å². The van der Waals surface area contributed by atoms with E-state index in [2.05, 4.69) is 10.3 Å². The summed E-state index contributed by atoms with van der Waals surface area (Å²) in [6.07, 6.45) is 4.09. The molecule has 1 spiro atoms. The summed E-state index contributed by atoms with van der Waals surface area (Å²) in [4.78, 5) is 18.8. The number of nitrogens with zero attached hydrogens (tertiary/aromatic N) is 2. The van der Waals surface area contributed by atoms with Gasteiger partial charge in [-0.3, -0.25) is 4.79 Å². The highest BCUT2D eigenvalue weighted by Crippen LogP contribution is 2.55. The van der Waals surface area contributed by atoms with Gasteiger partial charge < -0.3 is 19.7 Å². The van der Waals surface area contributed by atoms with Gasteiger partial charge in [-0.2, -0.15) is 0 Å². The Morgan fingerprint density at radius 2 is 2.30 bits per heavy atom. The third-order valence-electron chi connectivity index (χ3n) is 6.86. The molecule has 3 aliphatic heterocycles. The zero-order valence-electron chi connectivity index (χ0n) is 17.0. The molecule has 6 nitrogen and oxygen atoms in total. The zero-order chi connectivity index (χ0) is 20.7. The highest BCUT2D eigenvalue weighted by atomic mass is 19.1. The molecule has 2 aromatic rings. The first-order valence-electron chi connectivity index (χ1n) is 10.5. The van der Waals surface area contributed by atoms with Gasteiger partial charge in [0.2, 0.25) is 5.91 Å². The van der Waals surface area contributed by atoms with Crippen LogP contribution in [-0.4, -0.2) is 49.3 Å². The largest absolute Gasteiger partial charge is 0.497 e. The van der Waals surface area contributed by atoms with Crippen LogP contribution in [0.5, 0.6) is 5.75 Å². The molecule has 0 saturated carbocycles. The Hall–Kier alpha value is -2.67. The van der Waals surface area contributed by atoms with Crippen LogP contribution >= 0.6 is 0 Å². The van der Waals surface area contributed by atoms with Gasteiger partial charge in [-0.15, -0.1) is 0 Å². The Bertz CT molecular complexity index is 955. The maximum absolute atomic E-state index is 14.3. The molecule has 3 saturated heterocycles. The molecule has 3 fully saturated rings. The first kappa shape index (κ1) is 19.3. The van der Waals surface area contributed by atoms with Crippen LogP contribution in [0, 0.1) is 17.7 Å². The van der Waals surface area contributed by atoms with Crippen LogP contribution in [0.3, 0.4) is 0 Å². The number of carbonyl (C=O) groups excluding carboxylic acids is 1. The lowest BCUT2D eigenvalue weighted by atomic mass is 9.73. The van der Waals surface area contributed by atoms with Crippen molar-refractivity contribution in [2.45, 2.75) is 31.0 Å². The van der Waals surface area contributed by atoms with Gasteiger partial charge in [-0.25, -0.2) is 9.37 Å². The van der Waals surface area contributed by atoms with Gasteiger partial charge >= 0.3 is 0 Å². The number of ether oxygens (including phenoxy) is 2. The fraction of sp³-hybridized carbons (Fsp3) is 0.478. The molecule has 0 unspecified atom stereocenters. The number of hydrogen-bond acceptors (Lipinski definition) is 5. The minimum Gasteiger partial charge on any atom is -0.497 e. The van der Waals surface area contributed by atoms with Crippen molar-refractivity contribution >= 4 is 11.7 Å². The molecule has 0 radical (unpaired) electrons. The number of pyridine rings is 1. The maximum Gasteiger partial charge on any atom is 0.224 e. The van der Waals surface area contributed by atoms with Crippen molar-refractivity contribution in [1.29, 1.82) is 0 Å². The summed E-state index contributed by atoms with van der Waals surface area (Å²) in [5, 5.41) is 3.10. The first-order valence-corrected chi connectivity index (χ1v) is 10.5. The molecular formula is C23H26FN3O3. The second kappa shape index (κ2) is 7.54. The SMILES string of the molecule is COc1cccc(CC(=O)NC[C@H]2[C@H]3CN(c4ncccc4F)C[C@]34CC[C@H]2O4)c1. The first-order chi connectivity index (χ1) is 14.6. The highest BCUT2D eigenvalue weighted by Gasteiger charge is 2.63. The minimum atomic E-state index is -0.299. The van der Waals surface area contributed by atoms with E-state index in [0.29, 0.717) is 31.9 Å². The summed E-state index contributed by atoms with van der Waals surface area (Å²) in [6, 6.07) is 10.6. The molecule has 0 aliphatic carbocycles. The molecule has 1 aromatic carbocycles. The van der Waals surface area contributed by atoms with E-state index >= 15 is 0 Å². The fourth-order valence-corrected chi connectivity index (χ4v) is 5.50. The van der Waals surface area contributed by atoms with Crippen molar-refractivity contribution in [3.8, 4) is 5.75 Å². The molecule has 5 rings (SSSR count). The molecule has 4 atom stereocenters. The third-order valence-corrected chi connectivity index (χ3v) is 6.86. The topological polar surface area (TPSA) is 63.7 Å². The van der Waals surface area contributed by atoms with E-state index in [1.807, 2.05) is 29.2 Å². The van der Waals surface area contributed by atoms with E-state index in [1.165, 1.54) is 6.07 Å². The number of hydrogen-bond donors (Lipinski definition) is 1. The van der Waals surface area contributed by atoms with Gasteiger partial charge in [0.05, 0.1) is 25.2 Å². The summed E-state index contributed by atoms with van der Waals surface area (Å²) in [5.41, 5.74) is 0.682. The number of aromatic nitrogens is 1. The van der Waals surface area contributed by atoms with Crippen molar-refractivity contribution < 1.29 is 18.7 Å². The molecule has 158 valence electrons. The molecule has 2 bridgehead atoms. The molecule has 1 aromatic heterocycles. The molecule has 7 heteroatoms. The van der Waals surface area contributed by atoms with Crippen LogP contribution in [0.15, 0.2) is 42.6 Å². The van der Waals surface area contributed by atoms with Gasteiger partial charge in [-0.1, -0.05) is 12.1 Å². The van der Waals surface area contributed by atoms with Crippen molar-refractivity contribution in [2.24, 2.45) is 11.8 Å². The van der Waals surface area contributed by atoms with Crippen LogP contribution in [0.2, 0.25) is 0 Å². The molecule has 1 amide bonds. The monoisotopic (exact) mass is 411 g/mol. The van der Waals surface area contributed by atoms with Crippen LogP contribution < -0.4 is 15.0 Å². The van der Waals surface area contributed by atoms with E-state index in [4.69, 9.17) is 9.47 Å². The van der Waals surface area contributed by atoms with Crippen LogP contribution in [-0.2, 0) is 16.0 Å². The quantitative estimate of drug-likeness (QED) is 0.792. The number of halogens is 1. The van der Waals surface area contributed by atoms with E-state index in [1.54, 1.807) is 19.4 Å². The van der Waals surface area contributed by atoms with Crippen LogP contribution in [0.1, 0.15) is 18.4 Å². The lowest BCUT2D eigenvalue weighted by Gasteiger charge is -2.29. The fourth-order valence-electron chi connectivity index (χ4n) is 5.50. The summed E-state index contributed by atoms with van der Waals surface area (Å²) in [7, 11) is 1.62. The van der Waals surface area contributed by atoms with Crippen LogP contribution in [0.25, 0.3) is 0 Å². The average Bonchev–Trinajstić information content (AvgIpc) is 3.41. The van der Waals surface area contributed by atoms with Crippen molar-refractivity contribution in [3.05, 3.63) is 54.0 Å². The summed E-state index contributed by atoms with van der Waals surface area (Å²) in [5.74, 6) is 1.35. The molecule has 1 N–H and O–H groups in total. The maximum atomic E-state index is 14.3. The van der Waals surface area contributed by atoms with E-state index in [-0.39, 0.29) is 35.3 Å². The summed E-state index contributed by atoms with van der Waals surface area (Å²) >= 11 is 0. The van der Waals surface area contributed by atoms with Crippen molar-refractivity contribution in [2.75, 3.05) is 31.6 Å². The normalized spacial score (nSPS) is 29.1. The number of carbonyl (C=O) groups is 1. The highest BCUT2D eigenvalue weighted by molar-refractivity contribution is 5.78. The van der Waals surface area contributed by atoms with Crippen LogP contribution in [0.4, 0.5) is 10.2 Å². The Morgan fingerprint density at radius 1 is 1.40 bits per heavy atom. The Kier molecular flexibility index (Phi) is 4.85. The smallest absolute Gasteiger partial charge is 0.224 e. The van der Waals surface area contributed by atoms with Crippen molar-refractivity contribution in [3.63, 3.8) is 0 Å². The number of benzene rings is 1. The average molecular weight is 411 g/mol. The summed E-state index contributed by atoms with van der Waals surface area (Å²) in [6.45, 7) is 1.95. The Balaban J connectivity index is 1.24. The number of nitrogens with one attached hydrogen (secondary N) is 1. The lowest BCUT2D eigenvalue weighted by molar-refractivity contribution is -0.120. The van der Waals surface area contributed by atoms with E-state index in [0.717, 1.165) is 24.2 Å². The standard InChI is InChI=1S/C23H26FN3O3/c1-29-16-5-2-4-15(10-16)11-21(28)26-12-17-18-13-27(22-19(24)6-3-9-25-22)14-23(18)8-7-20(17)30-23/h2-6,9-10,17-18,20H,7-8,11-14H2,1H3,(H,26,28)/t17-,18+,20+,23+/m0/s1. The second-order valence-corrected chi connectivity index (χ2v) is 8.55. The molecular weight excluding hydrogens is 385 g/mol. The second-order valence-electron chi connectivity index (χ2n) is 8.55. The van der Waals surface area contributed by atoms with Gasteiger partial charge in [0.15, 0.2) is 11.6 Å². The van der Waals surface area contributed by atoms with Crippen molar-refractivity contribution in [1.82, 2.24) is 10.3 Å². The Morgan fingerprint density at radius 3 is 3.13 bits per heavy atom. The minimum absolute atomic E-state index is 0.00861. The Labute approximate surface area is 175 Å². The lowest BCUT2D eigenvalue weighted by Crippen LogP contribution is -2.42. The number of amides is 1. The molecule has 3 aliphatic rings. The van der Waals surface area contributed by atoms with E-state index in [9.17, 15) is 9.18 Å². The predicted molar refractivity (Wildman–Crippen MR) is 110 cm³/mol. The molecule has 30 heavy (non-hydrogen) atoms. The molecule has 4 heterocycles. The third kappa shape index (κ3) is 3.31. The predicted octanol–water partition coefficient (Wildman–Crippen LogP) is 2.57. The number of rotatable bonds is 6. The van der Waals surface area contributed by atoms with Gasteiger partial charge in [0, 0.05) is 37.7 Å². The number of anilines is 1.